The molecule has 0 fully saturated rings. The molecule has 1 rings (SSSR count). The monoisotopic (exact) mass is 245 g/mol. The molecule has 1 aromatic heterocycles. The SMILES string of the molecule is CSCCC(C)N(C)c1cncc(Cl)n1. The van der Waals surface area contributed by atoms with Crippen LogP contribution in [-0.4, -0.2) is 35.1 Å². The average molecular weight is 246 g/mol. The molecule has 0 saturated carbocycles. The number of halogens is 1. The molecule has 1 heterocycles. The number of nitrogens with zero attached hydrogens (tertiary/aromatic N) is 3. The van der Waals surface area contributed by atoms with Crippen molar-refractivity contribution < 1.29 is 0 Å². The van der Waals surface area contributed by atoms with Gasteiger partial charge < -0.3 is 4.90 Å². The van der Waals surface area contributed by atoms with Crippen molar-refractivity contribution in [3.8, 4) is 0 Å². The van der Waals surface area contributed by atoms with Crippen molar-refractivity contribution in [3.05, 3.63) is 17.5 Å². The Labute approximate surface area is 100 Å². The van der Waals surface area contributed by atoms with Crippen LogP contribution in [0.15, 0.2) is 12.4 Å². The first kappa shape index (κ1) is 12.6. The van der Waals surface area contributed by atoms with Gasteiger partial charge in [-0.2, -0.15) is 11.8 Å². The molecule has 1 atom stereocenters. The Morgan fingerprint density at radius 2 is 2.27 bits per heavy atom. The van der Waals surface area contributed by atoms with Crippen molar-refractivity contribution in [1.82, 2.24) is 9.97 Å². The van der Waals surface area contributed by atoms with Crippen molar-refractivity contribution in [2.24, 2.45) is 0 Å². The van der Waals surface area contributed by atoms with Gasteiger partial charge in [0, 0.05) is 13.1 Å². The molecule has 0 saturated heterocycles. The number of rotatable bonds is 5. The molecule has 0 spiro atoms. The minimum absolute atomic E-state index is 0.441. The molecule has 5 heteroatoms. The molecular weight excluding hydrogens is 230 g/mol. The summed E-state index contributed by atoms with van der Waals surface area (Å²) >= 11 is 7.65. The molecule has 0 N–H and O–H groups in total. The molecule has 0 aliphatic rings. The largest absolute Gasteiger partial charge is 0.356 e. The number of aromatic nitrogens is 2. The third-order valence-electron chi connectivity index (χ3n) is 2.35. The van der Waals surface area contributed by atoms with E-state index in [1.54, 1.807) is 12.4 Å². The van der Waals surface area contributed by atoms with Crippen LogP contribution in [0.25, 0.3) is 0 Å². The van der Waals surface area contributed by atoms with Gasteiger partial charge in [0.1, 0.15) is 11.0 Å². The highest BCUT2D eigenvalue weighted by Gasteiger charge is 2.11. The van der Waals surface area contributed by atoms with Gasteiger partial charge in [-0.15, -0.1) is 0 Å². The summed E-state index contributed by atoms with van der Waals surface area (Å²) in [4.78, 5) is 10.4. The zero-order chi connectivity index (χ0) is 11.3. The van der Waals surface area contributed by atoms with Crippen LogP contribution < -0.4 is 4.90 Å². The van der Waals surface area contributed by atoms with Crippen LogP contribution in [0, 0.1) is 0 Å². The topological polar surface area (TPSA) is 29.0 Å². The van der Waals surface area contributed by atoms with Crippen LogP contribution in [0.1, 0.15) is 13.3 Å². The maximum atomic E-state index is 5.79. The first-order valence-electron chi connectivity index (χ1n) is 4.84. The summed E-state index contributed by atoms with van der Waals surface area (Å²) in [5.74, 6) is 1.98. The highest BCUT2D eigenvalue weighted by atomic mass is 35.5. The van der Waals surface area contributed by atoms with Crippen molar-refractivity contribution in [3.63, 3.8) is 0 Å². The first-order valence-corrected chi connectivity index (χ1v) is 6.61. The lowest BCUT2D eigenvalue weighted by molar-refractivity contribution is 0.661. The summed E-state index contributed by atoms with van der Waals surface area (Å²) < 4.78 is 0. The molecule has 0 radical (unpaired) electrons. The quantitative estimate of drug-likeness (QED) is 0.798. The second-order valence-electron chi connectivity index (χ2n) is 3.44. The second-order valence-corrected chi connectivity index (χ2v) is 4.81. The van der Waals surface area contributed by atoms with E-state index in [-0.39, 0.29) is 0 Å². The standard InChI is InChI=1S/C10H16ClN3S/c1-8(4-5-15-3)14(2)10-7-12-6-9(11)13-10/h6-8H,4-5H2,1-3H3. The Morgan fingerprint density at radius 3 is 2.87 bits per heavy atom. The Hall–Kier alpha value is -0.480. The van der Waals surface area contributed by atoms with E-state index in [1.165, 1.54) is 0 Å². The van der Waals surface area contributed by atoms with E-state index in [0.717, 1.165) is 18.0 Å². The fraction of sp³-hybridized carbons (Fsp3) is 0.600. The van der Waals surface area contributed by atoms with Gasteiger partial charge in [-0.1, -0.05) is 11.6 Å². The molecule has 0 aliphatic heterocycles. The van der Waals surface area contributed by atoms with Gasteiger partial charge in [0.15, 0.2) is 0 Å². The molecule has 0 bridgehead atoms. The van der Waals surface area contributed by atoms with E-state index in [0.29, 0.717) is 11.2 Å². The van der Waals surface area contributed by atoms with Crippen LogP contribution >= 0.6 is 23.4 Å². The van der Waals surface area contributed by atoms with Crippen molar-refractivity contribution in [2.45, 2.75) is 19.4 Å². The van der Waals surface area contributed by atoms with Gasteiger partial charge in [0.2, 0.25) is 0 Å². The summed E-state index contributed by atoms with van der Waals surface area (Å²) in [5, 5.41) is 0.441. The fourth-order valence-corrected chi connectivity index (χ4v) is 1.93. The number of anilines is 1. The van der Waals surface area contributed by atoms with Crippen molar-refractivity contribution in [2.75, 3.05) is 24.0 Å². The zero-order valence-electron chi connectivity index (χ0n) is 9.27. The summed E-state index contributed by atoms with van der Waals surface area (Å²) in [6, 6.07) is 0.449. The minimum atomic E-state index is 0.441. The number of thioether (sulfide) groups is 1. The maximum Gasteiger partial charge on any atom is 0.149 e. The molecule has 84 valence electrons. The molecule has 0 amide bonds. The normalized spacial score (nSPS) is 12.5. The lowest BCUT2D eigenvalue weighted by Gasteiger charge is -2.25. The van der Waals surface area contributed by atoms with Crippen LogP contribution in [-0.2, 0) is 0 Å². The van der Waals surface area contributed by atoms with Crippen LogP contribution in [0.3, 0.4) is 0 Å². The van der Waals surface area contributed by atoms with E-state index in [4.69, 9.17) is 11.6 Å². The van der Waals surface area contributed by atoms with Crippen LogP contribution in [0.4, 0.5) is 5.82 Å². The Bertz CT molecular complexity index is 308. The number of hydrogen-bond acceptors (Lipinski definition) is 4. The lowest BCUT2D eigenvalue weighted by atomic mass is 10.2. The van der Waals surface area contributed by atoms with E-state index in [2.05, 4.69) is 28.0 Å². The summed E-state index contributed by atoms with van der Waals surface area (Å²) in [6.07, 6.45) is 6.53. The van der Waals surface area contributed by atoms with Gasteiger partial charge in [-0.25, -0.2) is 4.98 Å². The predicted molar refractivity (Wildman–Crippen MR) is 67.9 cm³/mol. The van der Waals surface area contributed by atoms with Gasteiger partial charge in [-0.05, 0) is 25.4 Å². The van der Waals surface area contributed by atoms with Crippen LogP contribution in [0.2, 0.25) is 5.15 Å². The van der Waals surface area contributed by atoms with E-state index >= 15 is 0 Å². The average Bonchev–Trinajstić information content (AvgIpc) is 2.24. The van der Waals surface area contributed by atoms with E-state index in [1.807, 2.05) is 18.8 Å². The molecule has 1 unspecified atom stereocenters. The van der Waals surface area contributed by atoms with E-state index < -0.39 is 0 Å². The molecule has 3 nitrogen and oxygen atoms in total. The second kappa shape index (κ2) is 6.18. The molecule has 1 aromatic rings. The maximum absolute atomic E-state index is 5.79. The third-order valence-corrected chi connectivity index (χ3v) is 3.18. The number of hydrogen-bond donors (Lipinski definition) is 0. The Morgan fingerprint density at radius 1 is 1.53 bits per heavy atom. The fourth-order valence-electron chi connectivity index (χ4n) is 1.21. The van der Waals surface area contributed by atoms with Crippen molar-refractivity contribution >= 4 is 29.2 Å². The zero-order valence-corrected chi connectivity index (χ0v) is 10.8. The minimum Gasteiger partial charge on any atom is -0.356 e. The summed E-state index contributed by atoms with van der Waals surface area (Å²) in [6.45, 7) is 2.18. The van der Waals surface area contributed by atoms with E-state index in [9.17, 15) is 0 Å². The van der Waals surface area contributed by atoms with Crippen LogP contribution in [0.5, 0.6) is 0 Å². The predicted octanol–water partition coefficient (Wildman–Crippen LogP) is 2.71. The first-order chi connectivity index (χ1) is 7.15. The Balaban J connectivity index is 2.62. The van der Waals surface area contributed by atoms with Gasteiger partial charge >= 0.3 is 0 Å². The summed E-state index contributed by atoms with van der Waals surface area (Å²) in [7, 11) is 2.02. The van der Waals surface area contributed by atoms with Gasteiger partial charge in [0.25, 0.3) is 0 Å². The molecule has 0 aliphatic carbocycles. The van der Waals surface area contributed by atoms with Crippen molar-refractivity contribution in [1.29, 1.82) is 0 Å². The highest BCUT2D eigenvalue weighted by molar-refractivity contribution is 7.98. The third kappa shape index (κ3) is 3.87. The van der Waals surface area contributed by atoms with Gasteiger partial charge in [-0.3, -0.25) is 4.98 Å². The highest BCUT2D eigenvalue weighted by Crippen LogP contribution is 2.15. The molecule has 0 aromatic carbocycles. The molecular formula is C10H16ClN3S. The smallest absolute Gasteiger partial charge is 0.149 e. The molecule has 15 heavy (non-hydrogen) atoms. The lowest BCUT2D eigenvalue weighted by Crippen LogP contribution is -2.30. The van der Waals surface area contributed by atoms with Gasteiger partial charge in [0.05, 0.1) is 12.4 Å². The summed E-state index contributed by atoms with van der Waals surface area (Å²) in [5.41, 5.74) is 0. The Kier molecular flexibility index (Phi) is 5.19.